The Labute approximate surface area is 207 Å². The van der Waals surface area contributed by atoms with Crippen LogP contribution in [0.3, 0.4) is 0 Å². The zero-order valence-corrected chi connectivity index (χ0v) is 20.9. The lowest BCUT2D eigenvalue weighted by Crippen LogP contribution is -2.54. The lowest BCUT2D eigenvalue weighted by Gasteiger charge is -2.42. The number of nitrogens with one attached hydrogen (secondary N) is 3. The van der Waals surface area contributed by atoms with Gasteiger partial charge >= 0.3 is 0 Å². The second kappa shape index (κ2) is 12.9. The SMILES string of the molecule is O=C(CNC(=O)C1CCCN1)N[C@@H](CSc1ccccc1)[C@H](O)CN1CC[C@@H]2CCCC[C@@H]2C1. The second-order valence-corrected chi connectivity index (χ2v) is 11.2. The minimum absolute atomic E-state index is 0.0658. The van der Waals surface area contributed by atoms with E-state index in [0.717, 1.165) is 49.2 Å². The highest BCUT2D eigenvalue weighted by Gasteiger charge is 2.33. The molecule has 4 N–H and O–H groups in total. The third kappa shape index (κ3) is 7.44. The summed E-state index contributed by atoms with van der Waals surface area (Å²) in [5.74, 6) is 1.80. The van der Waals surface area contributed by atoms with Crippen molar-refractivity contribution < 1.29 is 14.7 Å². The molecule has 1 aromatic rings. The summed E-state index contributed by atoms with van der Waals surface area (Å²) in [6.45, 7) is 3.42. The van der Waals surface area contributed by atoms with Gasteiger partial charge in [0.25, 0.3) is 0 Å². The molecule has 0 spiro atoms. The van der Waals surface area contributed by atoms with Crippen molar-refractivity contribution in [3.63, 3.8) is 0 Å². The Morgan fingerprint density at radius 1 is 1.09 bits per heavy atom. The van der Waals surface area contributed by atoms with Crippen LogP contribution in [0, 0.1) is 11.8 Å². The van der Waals surface area contributed by atoms with Gasteiger partial charge in [-0.3, -0.25) is 9.59 Å². The Hall–Kier alpha value is -1.61. The normalized spacial score (nSPS) is 26.9. The van der Waals surface area contributed by atoms with Crippen LogP contribution in [-0.4, -0.2) is 78.5 Å². The van der Waals surface area contributed by atoms with Crippen molar-refractivity contribution in [2.45, 2.75) is 68.0 Å². The summed E-state index contributed by atoms with van der Waals surface area (Å²) in [6, 6.07) is 9.46. The van der Waals surface area contributed by atoms with Gasteiger partial charge in [0.15, 0.2) is 0 Å². The molecule has 0 bridgehead atoms. The zero-order valence-electron chi connectivity index (χ0n) is 20.1. The fourth-order valence-electron chi connectivity index (χ4n) is 5.64. The van der Waals surface area contributed by atoms with Crippen molar-refractivity contribution in [3.05, 3.63) is 30.3 Å². The van der Waals surface area contributed by atoms with E-state index in [-0.39, 0.29) is 30.4 Å². The second-order valence-electron chi connectivity index (χ2n) is 10.1. The van der Waals surface area contributed by atoms with Crippen molar-refractivity contribution in [2.24, 2.45) is 11.8 Å². The Kier molecular flexibility index (Phi) is 9.67. The molecule has 7 nitrogen and oxygen atoms in total. The highest BCUT2D eigenvalue weighted by Crippen LogP contribution is 2.36. The van der Waals surface area contributed by atoms with Crippen molar-refractivity contribution in [2.75, 3.05) is 38.5 Å². The number of fused-ring (bicyclic) bond motifs is 1. The number of benzene rings is 1. The molecule has 1 unspecified atom stereocenters. The minimum Gasteiger partial charge on any atom is -0.390 e. The van der Waals surface area contributed by atoms with E-state index in [2.05, 4.69) is 20.9 Å². The molecule has 1 aliphatic carbocycles. The van der Waals surface area contributed by atoms with Gasteiger partial charge in [-0.15, -0.1) is 11.8 Å². The molecule has 4 rings (SSSR count). The number of carbonyl (C=O) groups excluding carboxylic acids is 2. The summed E-state index contributed by atoms with van der Waals surface area (Å²) >= 11 is 1.63. The summed E-state index contributed by atoms with van der Waals surface area (Å²) in [4.78, 5) is 28.4. The lowest BCUT2D eigenvalue weighted by molar-refractivity contribution is -0.127. The summed E-state index contributed by atoms with van der Waals surface area (Å²) in [5.41, 5.74) is 0. The van der Waals surface area contributed by atoms with Crippen molar-refractivity contribution in [1.82, 2.24) is 20.9 Å². The van der Waals surface area contributed by atoms with E-state index in [4.69, 9.17) is 0 Å². The van der Waals surface area contributed by atoms with Crippen LogP contribution in [0.15, 0.2) is 35.2 Å². The topological polar surface area (TPSA) is 93.7 Å². The molecule has 0 radical (unpaired) electrons. The largest absolute Gasteiger partial charge is 0.390 e. The first-order valence-corrected chi connectivity index (χ1v) is 14.0. The Morgan fingerprint density at radius 2 is 1.88 bits per heavy atom. The van der Waals surface area contributed by atoms with Gasteiger partial charge in [-0.05, 0) is 62.7 Å². The molecule has 1 aromatic carbocycles. The van der Waals surface area contributed by atoms with Crippen LogP contribution in [0.25, 0.3) is 0 Å². The average molecular weight is 489 g/mol. The number of aliphatic hydroxyl groups is 1. The number of piperidine rings is 1. The number of rotatable bonds is 10. The van der Waals surface area contributed by atoms with Crippen molar-refractivity contribution >= 4 is 23.6 Å². The Bertz CT molecular complexity index is 790. The number of β-amino-alcohol motifs (C(OH)–C–C–N with tert-alkyl or cyclic N) is 1. The smallest absolute Gasteiger partial charge is 0.239 e. The molecule has 5 atom stereocenters. The molecule has 188 valence electrons. The highest BCUT2D eigenvalue weighted by molar-refractivity contribution is 7.99. The summed E-state index contributed by atoms with van der Waals surface area (Å²) in [5, 5.41) is 20.1. The molecule has 34 heavy (non-hydrogen) atoms. The van der Waals surface area contributed by atoms with Crippen LogP contribution >= 0.6 is 11.8 Å². The standard InChI is InChI=1S/C26H40N4O3S/c31-24(17-30-14-12-19-7-4-5-8-20(19)16-30)23(18-34-21-9-2-1-3-10-21)29-25(32)15-28-26(33)22-11-6-13-27-22/h1-3,9-10,19-20,22-24,27,31H,4-8,11-18H2,(H,28,33)(H,29,32)/t19-,20+,22?,23-,24+/m0/s1. The maximum absolute atomic E-state index is 12.7. The third-order valence-electron chi connectivity index (χ3n) is 7.60. The molecule has 2 amide bonds. The van der Waals surface area contributed by atoms with Crippen LogP contribution in [0.5, 0.6) is 0 Å². The molecular formula is C26H40N4O3S. The van der Waals surface area contributed by atoms with E-state index < -0.39 is 6.10 Å². The average Bonchev–Trinajstić information content (AvgIpc) is 3.41. The molecule has 3 fully saturated rings. The Morgan fingerprint density at radius 3 is 2.65 bits per heavy atom. The van der Waals surface area contributed by atoms with Crippen LogP contribution in [0.4, 0.5) is 0 Å². The Balaban J connectivity index is 1.30. The monoisotopic (exact) mass is 488 g/mol. The number of amides is 2. The van der Waals surface area contributed by atoms with Gasteiger partial charge in [0.05, 0.1) is 24.7 Å². The number of hydrogen-bond donors (Lipinski definition) is 4. The van der Waals surface area contributed by atoms with E-state index in [1.54, 1.807) is 11.8 Å². The molecule has 0 aromatic heterocycles. The molecule has 1 saturated carbocycles. The summed E-state index contributed by atoms with van der Waals surface area (Å²) < 4.78 is 0. The fraction of sp³-hybridized carbons (Fsp3) is 0.692. The van der Waals surface area contributed by atoms with E-state index in [1.807, 2.05) is 30.3 Å². The predicted octanol–water partition coefficient (Wildman–Crippen LogP) is 2.00. The highest BCUT2D eigenvalue weighted by atomic mass is 32.2. The van der Waals surface area contributed by atoms with Crippen LogP contribution in [0.1, 0.15) is 44.9 Å². The molecule has 2 saturated heterocycles. The number of hydrogen-bond acceptors (Lipinski definition) is 6. The van der Waals surface area contributed by atoms with Crippen molar-refractivity contribution in [3.8, 4) is 0 Å². The van der Waals surface area contributed by atoms with Gasteiger partial charge in [-0.1, -0.05) is 37.5 Å². The van der Waals surface area contributed by atoms with Gasteiger partial charge in [-0.25, -0.2) is 0 Å². The van der Waals surface area contributed by atoms with Gasteiger partial charge in [0.2, 0.25) is 11.8 Å². The molecule has 8 heteroatoms. The van der Waals surface area contributed by atoms with E-state index in [1.165, 1.54) is 32.1 Å². The van der Waals surface area contributed by atoms with E-state index in [0.29, 0.717) is 12.3 Å². The zero-order chi connectivity index (χ0) is 23.8. The van der Waals surface area contributed by atoms with Crippen molar-refractivity contribution in [1.29, 1.82) is 0 Å². The van der Waals surface area contributed by atoms with Gasteiger partial charge in [0, 0.05) is 23.7 Å². The first-order valence-electron chi connectivity index (χ1n) is 13.0. The summed E-state index contributed by atoms with van der Waals surface area (Å²) in [7, 11) is 0. The predicted molar refractivity (Wildman–Crippen MR) is 136 cm³/mol. The fourth-order valence-corrected chi connectivity index (χ4v) is 6.67. The van der Waals surface area contributed by atoms with Crippen LogP contribution in [0.2, 0.25) is 0 Å². The molecule has 2 heterocycles. The third-order valence-corrected chi connectivity index (χ3v) is 8.74. The van der Waals surface area contributed by atoms with Gasteiger partial charge in [-0.2, -0.15) is 0 Å². The molecular weight excluding hydrogens is 448 g/mol. The lowest BCUT2D eigenvalue weighted by atomic mass is 9.75. The van der Waals surface area contributed by atoms with E-state index >= 15 is 0 Å². The first kappa shape index (κ1) is 25.5. The maximum atomic E-state index is 12.7. The molecule has 2 aliphatic heterocycles. The number of thioether (sulfide) groups is 1. The number of carbonyl (C=O) groups is 2. The maximum Gasteiger partial charge on any atom is 0.239 e. The quantitative estimate of drug-likeness (QED) is 0.377. The number of nitrogens with zero attached hydrogens (tertiary/aromatic N) is 1. The summed E-state index contributed by atoms with van der Waals surface area (Å²) in [6.07, 6.45) is 7.69. The van der Waals surface area contributed by atoms with Gasteiger partial charge in [0.1, 0.15) is 0 Å². The van der Waals surface area contributed by atoms with Gasteiger partial charge < -0.3 is 26.0 Å². The first-order chi connectivity index (χ1) is 16.6. The number of likely N-dealkylation sites (tertiary alicyclic amines) is 1. The number of aliphatic hydroxyl groups excluding tert-OH is 1. The van der Waals surface area contributed by atoms with E-state index in [9.17, 15) is 14.7 Å². The molecule has 3 aliphatic rings. The van der Waals surface area contributed by atoms with Crippen LogP contribution < -0.4 is 16.0 Å². The van der Waals surface area contributed by atoms with Crippen LogP contribution in [-0.2, 0) is 9.59 Å². The minimum atomic E-state index is -0.660.